The van der Waals surface area contributed by atoms with Crippen molar-refractivity contribution in [2.24, 2.45) is 11.3 Å². The average molecular weight is 242 g/mol. The van der Waals surface area contributed by atoms with Gasteiger partial charge in [0.15, 0.2) is 0 Å². The van der Waals surface area contributed by atoms with E-state index in [1.165, 1.54) is 0 Å². The number of carbonyl (C=O) groups is 2. The van der Waals surface area contributed by atoms with Crippen LogP contribution >= 0.6 is 0 Å². The second-order valence-corrected chi connectivity index (χ2v) is 5.48. The quantitative estimate of drug-likeness (QED) is 0.659. The summed E-state index contributed by atoms with van der Waals surface area (Å²) in [7, 11) is 0. The van der Waals surface area contributed by atoms with Gasteiger partial charge < -0.3 is 15.7 Å². The third kappa shape index (κ3) is 3.70. The van der Waals surface area contributed by atoms with Gasteiger partial charge in [0.1, 0.15) is 6.04 Å². The van der Waals surface area contributed by atoms with Crippen LogP contribution in [0.3, 0.4) is 0 Å². The summed E-state index contributed by atoms with van der Waals surface area (Å²) in [6.07, 6.45) is 1.22. The lowest BCUT2D eigenvalue weighted by Gasteiger charge is -2.25. The maximum Gasteiger partial charge on any atom is 0.326 e. The predicted octanol–water partition coefficient (Wildman–Crippen LogP) is 0.602. The molecule has 1 rings (SSSR count). The molecule has 0 radical (unpaired) electrons. The van der Waals surface area contributed by atoms with Crippen LogP contribution in [0.1, 0.15) is 33.6 Å². The fraction of sp³-hybridized carbons (Fsp3) is 0.833. The van der Waals surface area contributed by atoms with E-state index in [1.54, 1.807) is 0 Å². The molecule has 0 bridgehead atoms. The van der Waals surface area contributed by atoms with Crippen molar-refractivity contribution in [3.05, 3.63) is 0 Å². The van der Waals surface area contributed by atoms with E-state index in [-0.39, 0.29) is 11.8 Å². The van der Waals surface area contributed by atoms with Gasteiger partial charge in [-0.05, 0) is 32.2 Å². The fourth-order valence-corrected chi connectivity index (χ4v) is 2.04. The summed E-state index contributed by atoms with van der Waals surface area (Å²) in [6.45, 7) is 7.19. The maximum absolute atomic E-state index is 12.0. The van der Waals surface area contributed by atoms with E-state index in [4.69, 9.17) is 5.11 Å². The van der Waals surface area contributed by atoms with Gasteiger partial charge in [0.2, 0.25) is 5.91 Å². The first kappa shape index (κ1) is 14.0. The van der Waals surface area contributed by atoms with Crippen LogP contribution in [0.4, 0.5) is 0 Å². The summed E-state index contributed by atoms with van der Waals surface area (Å²) < 4.78 is 0. The van der Waals surface area contributed by atoms with Gasteiger partial charge >= 0.3 is 5.97 Å². The Morgan fingerprint density at radius 1 is 1.47 bits per heavy atom. The number of carboxylic acid groups (broad SMARTS) is 1. The lowest BCUT2D eigenvalue weighted by molar-refractivity contribution is -0.143. The van der Waals surface area contributed by atoms with E-state index >= 15 is 0 Å². The highest BCUT2D eigenvalue weighted by molar-refractivity contribution is 5.87. The highest BCUT2D eigenvalue weighted by atomic mass is 16.4. The van der Waals surface area contributed by atoms with Crippen LogP contribution in [0.15, 0.2) is 0 Å². The Balaban J connectivity index is 2.60. The molecule has 3 N–H and O–H groups in total. The largest absolute Gasteiger partial charge is 0.480 e. The van der Waals surface area contributed by atoms with Gasteiger partial charge in [-0.2, -0.15) is 0 Å². The minimum atomic E-state index is -0.957. The third-order valence-electron chi connectivity index (χ3n) is 3.23. The van der Waals surface area contributed by atoms with E-state index in [0.717, 1.165) is 13.0 Å². The molecule has 5 heteroatoms. The number of carbonyl (C=O) groups excluding carboxylic acids is 1. The van der Waals surface area contributed by atoms with Crippen LogP contribution in [-0.2, 0) is 9.59 Å². The first-order valence-electron chi connectivity index (χ1n) is 6.09. The number of rotatable bonds is 5. The van der Waals surface area contributed by atoms with Gasteiger partial charge in [0.05, 0.1) is 5.41 Å². The summed E-state index contributed by atoms with van der Waals surface area (Å²) in [5.41, 5.74) is -0.468. The molecular weight excluding hydrogens is 220 g/mol. The highest BCUT2D eigenvalue weighted by Gasteiger charge is 2.38. The van der Waals surface area contributed by atoms with Crippen LogP contribution < -0.4 is 10.6 Å². The molecular formula is C12H22N2O3. The molecule has 1 unspecified atom stereocenters. The van der Waals surface area contributed by atoms with Crippen LogP contribution in [0.2, 0.25) is 0 Å². The smallest absolute Gasteiger partial charge is 0.326 e. The van der Waals surface area contributed by atoms with Crippen molar-refractivity contribution in [1.29, 1.82) is 0 Å². The number of aliphatic carboxylic acids is 1. The van der Waals surface area contributed by atoms with Gasteiger partial charge in [-0.15, -0.1) is 0 Å². The summed E-state index contributed by atoms with van der Waals surface area (Å²) in [5, 5.41) is 14.8. The molecule has 17 heavy (non-hydrogen) atoms. The number of amides is 1. The van der Waals surface area contributed by atoms with Gasteiger partial charge in [-0.3, -0.25) is 4.79 Å². The Bertz CT molecular complexity index is 296. The van der Waals surface area contributed by atoms with E-state index in [1.807, 2.05) is 20.8 Å². The second kappa shape index (κ2) is 5.49. The predicted molar refractivity (Wildman–Crippen MR) is 64.6 cm³/mol. The Morgan fingerprint density at radius 2 is 2.12 bits per heavy atom. The maximum atomic E-state index is 12.0. The molecule has 0 aromatic rings. The van der Waals surface area contributed by atoms with E-state index in [2.05, 4.69) is 10.6 Å². The van der Waals surface area contributed by atoms with Crippen molar-refractivity contribution in [1.82, 2.24) is 10.6 Å². The summed E-state index contributed by atoms with van der Waals surface area (Å²) >= 11 is 0. The first-order valence-corrected chi connectivity index (χ1v) is 6.09. The van der Waals surface area contributed by atoms with Crippen molar-refractivity contribution in [3.63, 3.8) is 0 Å². The Morgan fingerprint density at radius 3 is 2.53 bits per heavy atom. The molecule has 1 aliphatic heterocycles. The number of hydrogen-bond donors (Lipinski definition) is 3. The van der Waals surface area contributed by atoms with Gasteiger partial charge in [-0.25, -0.2) is 4.79 Å². The minimum absolute atomic E-state index is 0.157. The molecule has 0 saturated carbocycles. The first-order chi connectivity index (χ1) is 7.85. The van der Waals surface area contributed by atoms with Crippen LogP contribution in [0.25, 0.3) is 0 Å². The lowest BCUT2D eigenvalue weighted by Crippen LogP contribution is -2.48. The standard InChI is InChI=1S/C12H22N2O3/c1-8(2)6-9(10(15)16)14-11(17)12(3)4-5-13-7-12/h8-9,13H,4-7H2,1-3H3,(H,14,17)(H,15,16)/t9-,12?/m1/s1. The zero-order valence-electron chi connectivity index (χ0n) is 10.7. The average Bonchev–Trinajstić information content (AvgIpc) is 2.64. The van der Waals surface area contributed by atoms with Gasteiger partial charge in [-0.1, -0.05) is 13.8 Å². The molecule has 1 fully saturated rings. The van der Waals surface area contributed by atoms with Crippen molar-refractivity contribution in [2.75, 3.05) is 13.1 Å². The normalized spacial score (nSPS) is 25.9. The molecule has 0 aromatic carbocycles. The van der Waals surface area contributed by atoms with Gasteiger partial charge in [0, 0.05) is 6.54 Å². The summed E-state index contributed by atoms with van der Waals surface area (Å²) in [6, 6.07) is -0.778. The SMILES string of the molecule is CC(C)C[C@@H](NC(=O)C1(C)CCNC1)C(=O)O. The Labute approximate surface area is 102 Å². The summed E-state index contributed by atoms with van der Waals surface area (Å²) in [5.74, 6) is -0.872. The second-order valence-electron chi connectivity index (χ2n) is 5.48. The molecule has 5 nitrogen and oxygen atoms in total. The molecule has 1 aliphatic rings. The molecule has 1 heterocycles. The lowest BCUT2D eigenvalue weighted by atomic mass is 9.88. The van der Waals surface area contributed by atoms with E-state index < -0.39 is 17.4 Å². The molecule has 98 valence electrons. The third-order valence-corrected chi connectivity index (χ3v) is 3.23. The number of carboxylic acids is 1. The van der Waals surface area contributed by atoms with Crippen LogP contribution in [0, 0.1) is 11.3 Å². The van der Waals surface area contributed by atoms with Crippen LogP contribution in [0.5, 0.6) is 0 Å². The van der Waals surface area contributed by atoms with Gasteiger partial charge in [0.25, 0.3) is 0 Å². The Kier molecular flexibility index (Phi) is 4.51. The summed E-state index contributed by atoms with van der Waals surface area (Å²) in [4.78, 5) is 23.1. The monoisotopic (exact) mass is 242 g/mol. The van der Waals surface area contributed by atoms with E-state index in [0.29, 0.717) is 13.0 Å². The molecule has 0 spiro atoms. The number of hydrogen-bond acceptors (Lipinski definition) is 3. The molecule has 1 amide bonds. The molecule has 0 aliphatic carbocycles. The number of nitrogens with one attached hydrogen (secondary N) is 2. The van der Waals surface area contributed by atoms with Crippen molar-refractivity contribution >= 4 is 11.9 Å². The zero-order valence-corrected chi connectivity index (χ0v) is 10.7. The molecule has 0 aromatic heterocycles. The molecule has 1 saturated heterocycles. The highest BCUT2D eigenvalue weighted by Crippen LogP contribution is 2.24. The van der Waals surface area contributed by atoms with Crippen LogP contribution in [-0.4, -0.2) is 36.1 Å². The van der Waals surface area contributed by atoms with Crippen molar-refractivity contribution in [2.45, 2.75) is 39.7 Å². The fourth-order valence-electron chi connectivity index (χ4n) is 2.04. The Hall–Kier alpha value is -1.10. The topological polar surface area (TPSA) is 78.4 Å². The zero-order chi connectivity index (χ0) is 13.1. The van der Waals surface area contributed by atoms with E-state index in [9.17, 15) is 9.59 Å². The van der Waals surface area contributed by atoms with Crippen molar-refractivity contribution < 1.29 is 14.7 Å². The minimum Gasteiger partial charge on any atom is -0.480 e. The van der Waals surface area contributed by atoms with Crippen molar-refractivity contribution in [3.8, 4) is 0 Å². The molecule has 2 atom stereocenters.